The number of hydrogen-bond acceptors (Lipinski definition) is 3. The molecule has 2 atom stereocenters. The summed E-state index contributed by atoms with van der Waals surface area (Å²) >= 11 is 1.96. The van der Waals surface area contributed by atoms with Gasteiger partial charge in [0, 0.05) is 45.9 Å². The summed E-state index contributed by atoms with van der Waals surface area (Å²) in [6.07, 6.45) is 1.75. The molecule has 0 aliphatic rings. The minimum atomic E-state index is -0.672. The average Bonchev–Trinajstić information content (AvgIpc) is 1.99. The molecule has 86 valence electrons. The van der Waals surface area contributed by atoms with Gasteiger partial charge < -0.3 is 5.32 Å². The van der Waals surface area contributed by atoms with Gasteiger partial charge in [-0.2, -0.15) is 11.8 Å². The van der Waals surface area contributed by atoms with E-state index in [9.17, 15) is 4.21 Å². The largest absolute Gasteiger partial charge is 0.313 e. The van der Waals surface area contributed by atoms with Crippen LogP contribution < -0.4 is 5.32 Å². The summed E-state index contributed by atoms with van der Waals surface area (Å²) in [5.41, 5.74) is 0. The van der Waals surface area contributed by atoms with Crippen LogP contribution in [0.3, 0.4) is 0 Å². The normalized spacial score (nSPS) is 16.6. The van der Waals surface area contributed by atoms with Gasteiger partial charge in [-0.25, -0.2) is 0 Å². The highest BCUT2D eigenvalue weighted by Gasteiger charge is 2.12. The van der Waals surface area contributed by atoms with Crippen molar-refractivity contribution in [2.45, 2.75) is 38.5 Å². The quantitative estimate of drug-likeness (QED) is 0.765. The van der Waals surface area contributed by atoms with Gasteiger partial charge in [-0.15, -0.1) is 0 Å². The molecule has 0 aromatic rings. The van der Waals surface area contributed by atoms with Crippen LogP contribution in [0, 0.1) is 0 Å². The van der Waals surface area contributed by atoms with Crippen LogP contribution in [0.2, 0.25) is 0 Å². The van der Waals surface area contributed by atoms with Crippen LogP contribution in [-0.2, 0) is 10.8 Å². The van der Waals surface area contributed by atoms with Gasteiger partial charge in [0.15, 0.2) is 0 Å². The fraction of sp³-hybridized carbons (Fsp3) is 1.00. The third kappa shape index (κ3) is 10.5. The van der Waals surface area contributed by atoms with Gasteiger partial charge in [0.1, 0.15) is 0 Å². The lowest BCUT2D eigenvalue weighted by Gasteiger charge is -2.21. The molecule has 0 rings (SSSR count). The molecule has 0 aliphatic carbocycles. The number of nitrogens with one attached hydrogen (secondary N) is 1. The van der Waals surface area contributed by atoms with Crippen LogP contribution in [0.25, 0.3) is 0 Å². The molecular formula is C10H23NOS2. The molecule has 0 spiro atoms. The molecule has 0 amide bonds. The third-order valence-electron chi connectivity index (χ3n) is 1.65. The van der Waals surface area contributed by atoms with E-state index in [0.717, 1.165) is 18.1 Å². The molecule has 0 heterocycles. The molecule has 2 unspecified atom stereocenters. The Bertz CT molecular complexity index is 177. The molecule has 0 aromatic heterocycles. The van der Waals surface area contributed by atoms with Gasteiger partial charge in [-0.3, -0.25) is 4.21 Å². The maximum Gasteiger partial charge on any atom is 0.0357 e. The highest BCUT2D eigenvalue weighted by atomic mass is 32.2. The van der Waals surface area contributed by atoms with Gasteiger partial charge in [-0.1, -0.05) is 20.8 Å². The first-order valence-electron chi connectivity index (χ1n) is 4.98. The zero-order valence-corrected chi connectivity index (χ0v) is 11.6. The molecule has 14 heavy (non-hydrogen) atoms. The fourth-order valence-electron chi connectivity index (χ4n) is 0.883. The van der Waals surface area contributed by atoms with E-state index >= 15 is 0 Å². The van der Waals surface area contributed by atoms with E-state index in [1.807, 2.05) is 11.8 Å². The molecule has 4 heteroatoms. The Morgan fingerprint density at radius 2 is 2.00 bits per heavy atom. The first-order valence-corrected chi connectivity index (χ1v) is 7.70. The van der Waals surface area contributed by atoms with Gasteiger partial charge >= 0.3 is 0 Å². The van der Waals surface area contributed by atoms with Crippen molar-refractivity contribution in [1.82, 2.24) is 5.32 Å². The van der Waals surface area contributed by atoms with Gasteiger partial charge in [0.05, 0.1) is 0 Å². The van der Waals surface area contributed by atoms with Crippen molar-refractivity contribution < 1.29 is 4.21 Å². The molecular weight excluding hydrogens is 214 g/mol. The van der Waals surface area contributed by atoms with Crippen LogP contribution in [0.4, 0.5) is 0 Å². The first kappa shape index (κ1) is 14.5. The molecule has 2 nitrogen and oxygen atoms in total. The van der Waals surface area contributed by atoms with Crippen LogP contribution in [0.5, 0.6) is 0 Å². The van der Waals surface area contributed by atoms with Crippen molar-refractivity contribution in [2.24, 2.45) is 0 Å². The highest BCUT2D eigenvalue weighted by molar-refractivity contribution is 8.00. The van der Waals surface area contributed by atoms with Crippen molar-refractivity contribution in [1.29, 1.82) is 0 Å². The maximum atomic E-state index is 10.8. The molecule has 0 aliphatic heterocycles. The van der Waals surface area contributed by atoms with E-state index in [2.05, 4.69) is 33.0 Å². The topological polar surface area (TPSA) is 29.1 Å². The minimum absolute atomic E-state index is 0.337. The Morgan fingerprint density at radius 3 is 2.43 bits per heavy atom. The number of thioether (sulfide) groups is 1. The van der Waals surface area contributed by atoms with E-state index in [4.69, 9.17) is 0 Å². The van der Waals surface area contributed by atoms with Crippen LogP contribution >= 0.6 is 11.8 Å². The van der Waals surface area contributed by atoms with E-state index in [1.165, 1.54) is 0 Å². The fourth-order valence-corrected chi connectivity index (χ4v) is 2.16. The molecule has 0 fully saturated rings. The first-order chi connectivity index (χ1) is 6.31. The summed E-state index contributed by atoms with van der Waals surface area (Å²) in [5, 5.41) is 3.37. The predicted molar refractivity (Wildman–Crippen MR) is 68.6 cm³/mol. The number of rotatable bonds is 6. The third-order valence-corrected chi connectivity index (χ3v) is 3.96. The zero-order valence-electron chi connectivity index (χ0n) is 9.92. The van der Waals surface area contributed by atoms with Gasteiger partial charge in [0.25, 0.3) is 0 Å². The summed E-state index contributed by atoms with van der Waals surface area (Å²) in [5.74, 6) is 1.87. The molecule has 0 saturated heterocycles. The highest BCUT2D eigenvalue weighted by Crippen LogP contribution is 2.23. The summed E-state index contributed by atoms with van der Waals surface area (Å²) in [7, 11) is -0.672. The lowest BCUT2D eigenvalue weighted by molar-refractivity contribution is 0.615. The van der Waals surface area contributed by atoms with Crippen molar-refractivity contribution >= 4 is 22.6 Å². The van der Waals surface area contributed by atoms with E-state index in [-0.39, 0.29) is 0 Å². The lowest BCUT2D eigenvalue weighted by atomic mass is 10.3. The predicted octanol–water partition coefficient (Wildman–Crippen LogP) is 1.87. The monoisotopic (exact) mass is 237 g/mol. The summed E-state index contributed by atoms with van der Waals surface area (Å²) in [4.78, 5) is 0. The smallest absolute Gasteiger partial charge is 0.0357 e. The molecule has 0 aromatic carbocycles. The van der Waals surface area contributed by atoms with E-state index in [0.29, 0.717) is 10.8 Å². The Hall–Kier alpha value is 0.460. The van der Waals surface area contributed by atoms with E-state index in [1.54, 1.807) is 6.26 Å². The molecule has 0 radical (unpaired) electrons. The van der Waals surface area contributed by atoms with Gasteiger partial charge in [-0.05, 0) is 6.92 Å². The Labute approximate surface area is 95.1 Å². The average molecular weight is 237 g/mol. The number of hydrogen-bond donors (Lipinski definition) is 1. The summed E-state index contributed by atoms with van der Waals surface area (Å²) in [6.45, 7) is 9.72. The van der Waals surface area contributed by atoms with Crippen molar-refractivity contribution in [2.75, 3.05) is 24.3 Å². The van der Waals surface area contributed by atoms with Crippen molar-refractivity contribution in [3.05, 3.63) is 0 Å². The Morgan fingerprint density at radius 1 is 1.43 bits per heavy atom. The summed E-state index contributed by atoms with van der Waals surface area (Å²) in [6, 6.07) is 0.503. The zero-order chi connectivity index (χ0) is 11.2. The van der Waals surface area contributed by atoms with Crippen LogP contribution in [0.1, 0.15) is 27.7 Å². The SMILES string of the molecule is CC(CSC(C)(C)C)NCCS(C)=O. The second kappa shape index (κ2) is 6.85. The van der Waals surface area contributed by atoms with Crippen LogP contribution in [-0.4, -0.2) is 39.3 Å². The van der Waals surface area contributed by atoms with Crippen molar-refractivity contribution in [3.63, 3.8) is 0 Å². The standard InChI is InChI=1S/C10H23NOS2/c1-9(8-13-10(2,3)4)11-6-7-14(5)12/h9,11H,6-8H2,1-5H3. The second-order valence-corrected chi connectivity index (χ2v) is 7.96. The van der Waals surface area contributed by atoms with Crippen LogP contribution in [0.15, 0.2) is 0 Å². The summed E-state index contributed by atoms with van der Waals surface area (Å²) < 4.78 is 11.1. The maximum absolute atomic E-state index is 10.8. The molecule has 1 N–H and O–H groups in total. The Kier molecular flexibility index (Phi) is 7.08. The van der Waals surface area contributed by atoms with E-state index < -0.39 is 10.8 Å². The second-order valence-electron chi connectivity index (χ2n) is 4.56. The minimum Gasteiger partial charge on any atom is -0.313 e. The molecule has 0 saturated carbocycles. The van der Waals surface area contributed by atoms with Crippen molar-refractivity contribution in [3.8, 4) is 0 Å². The Balaban J connectivity index is 3.46. The lowest BCUT2D eigenvalue weighted by Crippen LogP contribution is -2.32. The molecule has 0 bridgehead atoms. The van der Waals surface area contributed by atoms with Gasteiger partial charge in [0.2, 0.25) is 0 Å².